The van der Waals surface area contributed by atoms with Crippen molar-refractivity contribution in [2.24, 2.45) is 7.05 Å². The van der Waals surface area contributed by atoms with Crippen LogP contribution in [0.2, 0.25) is 0 Å². The number of aromatic nitrogens is 7. The molecular formula is C24H25N9O4S2. The van der Waals surface area contributed by atoms with Gasteiger partial charge in [-0.05, 0) is 24.6 Å². The molecule has 4 heterocycles. The maximum Gasteiger partial charge on any atom is 0.347 e. The number of nitrogens with one attached hydrogen (secondary N) is 2. The van der Waals surface area contributed by atoms with E-state index in [9.17, 15) is 18.3 Å². The van der Waals surface area contributed by atoms with Crippen LogP contribution in [0.4, 0.5) is 16.9 Å². The zero-order valence-electron chi connectivity index (χ0n) is 21.3. The molecule has 0 spiro atoms. The third kappa shape index (κ3) is 5.73. The minimum atomic E-state index is -3.30. The van der Waals surface area contributed by atoms with Crippen molar-refractivity contribution in [3.63, 3.8) is 0 Å². The fourth-order valence-electron chi connectivity index (χ4n) is 3.96. The molecule has 0 atom stereocenters. The molecule has 5 aromatic rings. The highest BCUT2D eigenvalue weighted by Crippen LogP contribution is 2.27. The Bertz CT molecular complexity index is 1770. The number of benzene rings is 1. The number of nitrogens with zero attached hydrogens (tertiary/aromatic N) is 7. The number of hydrogen-bond donors (Lipinski definition) is 3. The van der Waals surface area contributed by atoms with E-state index < -0.39 is 15.8 Å². The number of thiazole rings is 1. The number of sulfone groups is 1. The van der Waals surface area contributed by atoms with E-state index in [0.717, 1.165) is 22.6 Å². The molecule has 5 rings (SSSR count). The second kappa shape index (κ2) is 10.4. The Balaban J connectivity index is 1.47. The summed E-state index contributed by atoms with van der Waals surface area (Å²) in [5.41, 5.74) is 3.40. The van der Waals surface area contributed by atoms with Crippen LogP contribution in [0.25, 0.3) is 11.2 Å². The molecule has 0 aliphatic rings. The molecule has 15 heteroatoms. The smallest absolute Gasteiger partial charge is 0.347 e. The summed E-state index contributed by atoms with van der Waals surface area (Å²) in [6, 6.07) is 6.65. The van der Waals surface area contributed by atoms with Crippen LogP contribution in [-0.4, -0.2) is 66.3 Å². The number of hydrogen-bond acceptors (Lipinski definition) is 11. The van der Waals surface area contributed by atoms with Gasteiger partial charge in [0.05, 0.1) is 29.8 Å². The number of carboxylic acids is 1. The van der Waals surface area contributed by atoms with Gasteiger partial charge < -0.3 is 19.6 Å². The molecule has 0 aliphatic heterocycles. The number of imidazole rings is 2. The molecule has 0 unspecified atom stereocenters. The molecule has 0 saturated heterocycles. The first-order valence-electron chi connectivity index (χ1n) is 11.8. The van der Waals surface area contributed by atoms with Crippen LogP contribution < -0.4 is 10.6 Å². The zero-order chi connectivity index (χ0) is 27.7. The van der Waals surface area contributed by atoms with E-state index in [2.05, 4.69) is 35.6 Å². The SMILES string of the molecule is Cc1nc(Nc2nc(NCCc3cncn3C)c3ncn(Cc4ccc(S(C)(=O)=O)cc4)c3n2)sc1C(=O)O. The van der Waals surface area contributed by atoms with Crippen molar-refractivity contribution in [2.45, 2.75) is 24.8 Å². The molecule has 0 saturated carbocycles. The van der Waals surface area contributed by atoms with Crippen molar-refractivity contribution >= 4 is 55.2 Å². The van der Waals surface area contributed by atoms with Crippen molar-refractivity contribution in [1.29, 1.82) is 0 Å². The number of fused-ring (bicyclic) bond motifs is 1. The summed E-state index contributed by atoms with van der Waals surface area (Å²) < 4.78 is 27.4. The maximum atomic E-state index is 11.8. The number of anilines is 3. The van der Waals surface area contributed by atoms with E-state index in [1.165, 1.54) is 6.26 Å². The lowest BCUT2D eigenvalue weighted by molar-refractivity contribution is 0.0701. The first-order valence-corrected chi connectivity index (χ1v) is 14.5. The average Bonchev–Trinajstić information content (AvgIpc) is 3.58. The van der Waals surface area contributed by atoms with Crippen LogP contribution in [0.5, 0.6) is 0 Å². The number of aryl methyl sites for hydroxylation is 2. The minimum Gasteiger partial charge on any atom is -0.477 e. The number of carbonyl (C=O) groups is 1. The van der Waals surface area contributed by atoms with E-state index >= 15 is 0 Å². The molecule has 0 radical (unpaired) electrons. The van der Waals surface area contributed by atoms with Gasteiger partial charge in [-0.1, -0.05) is 23.5 Å². The molecular weight excluding hydrogens is 542 g/mol. The van der Waals surface area contributed by atoms with Gasteiger partial charge in [-0.15, -0.1) is 0 Å². The van der Waals surface area contributed by atoms with Crippen molar-refractivity contribution in [1.82, 2.24) is 34.1 Å². The van der Waals surface area contributed by atoms with Crippen LogP contribution in [-0.2, 0) is 29.9 Å². The van der Waals surface area contributed by atoms with Gasteiger partial charge in [0.1, 0.15) is 4.88 Å². The van der Waals surface area contributed by atoms with Gasteiger partial charge in [-0.3, -0.25) is 5.32 Å². The molecule has 1 aromatic carbocycles. The van der Waals surface area contributed by atoms with Crippen molar-refractivity contribution in [2.75, 3.05) is 23.4 Å². The Labute approximate surface area is 227 Å². The van der Waals surface area contributed by atoms with Crippen molar-refractivity contribution < 1.29 is 18.3 Å². The Hall–Kier alpha value is -4.37. The third-order valence-electron chi connectivity index (χ3n) is 5.97. The van der Waals surface area contributed by atoms with Gasteiger partial charge in [0.15, 0.2) is 32.0 Å². The molecule has 0 bridgehead atoms. The molecule has 4 aromatic heterocycles. The van der Waals surface area contributed by atoms with E-state index in [0.29, 0.717) is 47.3 Å². The summed E-state index contributed by atoms with van der Waals surface area (Å²) in [7, 11) is -1.37. The summed E-state index contributed by atoms with van der Waals surface area (Å²) in [5, 5.41) is 16.1. The highest BCUT2D eigenvalue weighted by atomic mass is 32.2. The predicted octanol–water partition coefficient (Wildman–Crippen LogP) is 2.87. The summed E-state index contributed by atoms with van der Waals surface area (Å²) in [4.78, 5) is 34.1. The summed E-state index contributed by atoms with van der Waals surface area (Å²) >= 11 is 1.00. The van der Waals surface area contributed by atoms with Crippen molar-refractivity contribution in [3.8, 4) is 0 Å². The molecule has 202 valence electrons. The standard InChI is InChI=1S/C24H25N9O4S2/c1-14-19(22(34)35)38-24(28-14)31-23-29-20(26-9-8-16-10-25-12-32(16)2)18-21(30-23)33(13-27-18)11-15-4-6-17(7-5-15)39(3,36)37/h4-7,10,12-13H,8-9,11H2,1-3H3,(H,34,35)(H2,26,28,29,30,31). The predicted molar refractivity (Wildman–Crippen MR) is 146 cm³/mol. The second-order valence-electron chi connectivity index (χ2n) is 8.89. The molecule has 39 heavy (non-hydrogen) atoms. The van der Waals surface area contributed by atoms with Gasteiger partial charge >= 0.3 is 5.97 Å². The largest absolute Gasteiger partial charge is 0.477 e. The average molecular weight is 568 g/mol. The lowest BCUT2D eigenvalue weighted by atomic mass is 10.2. The first kappa shape index (κ1) is 26.2. The second-order valence-corrected chi connectivity index (χ2v) is 11.9. The van der Waals surface area contributed by atoms with E-state index in [4.69, 9.17) is 0 Å². The fraction of sp³-hybridized carbons (Fsp3) is 0.250. The van der Waals surface area contributed by atoms with Crippen LogP contribution >= 0.6 is 11.3 Å². The van der Waals surface area contributed by atoms with E-state index in [1.807, 2.05) is 16.2 Å². The number of carboxylic acid groups (broad SMARTS) is 1. The van der Waals surface area contributed by atoms with Crippen molar-refractivity contribution in [3.05, 3.63) is 64.9 Å². The van der Waals surface area contributed by atoms with Gasteiger partial charge in [-0.2, -0.15) is 9.97 Å². The molecule has 13 nitrogen and oxygen atoms in total. The van der Waals surface area contributed by atoms with E-state index in [1.54, 1.807) is 50.0 Å². The number of rotatable bonds is 10. The summed E-state index contributed by atoms with van der Waals surface area (Å²) in [6.45, 7) is 2.58. The van der Waals surface area contributed by atoms with Gasteiger partial charge in [0, 0.05) is 38.2 Å². The molecule has 0 aliphatic carbocycles. The Morgan fingerprint density at radius 3 is 2.54 bits per heavy atom. The van der Waals surface area contributed by atoms with Gasteiger partial charge in [0.2, 0.25) is 5.95 Å². The third-order valence-corrected chi connectivity index (χ3v) is 8.16. The minimum absolute atomic E-state index is 0.135. The molecule has 3 N–H and O–H groups in total. The van der Waals surface area contributed by atoms with Gasteiger partial charge in [-0.25, -0.2) is 28.2 Å². The fourth-order valence-corrected chi connectivity index (χ4v) is 5.39. The molecule has 0 fully saturated rings. The highest BCUT2D eigenvalue weighted by Gasteiger charge is 2.18. The lowest BCUT2D eigenvalue weighted by Gasteiger charge is -2.10. The Morgan fingerprint density at radius 1 is 1.13 bits per heavy atom. The topological polar surface area (TPSA) is 170 Å². The quantitative estimate of drug-likeness (QED) is 0.227. The maximum absolute atomic E-state index is 11.8. The first-order chi connectivity index (χ1) is 18.6. The monoisotopic (exact) mass is 567 g/mol. The van der Waals surface area contributed by atoms with Crippen LogP contribution in [0.3, 0.4) is 0 Å². The lowest BCUT2D eigenvalue weighted by Crippen LogP contribution is -2.11. The Morgan fingerprint density at radius 2 is 1.90 bits per heavy atom. The van der Waals surface area contributed by atoms with Gasteiger partial charge in [0.25, 0.3) is 0 Å². The number of aromatic carboxylic acids is 1. The van der Waals surface area contributed by atoms with Crippen LogP contribution in [0, 0.1) is 6.92 Å². The zero-order valence-corrected chi connectivity index (χ0v) is 22.9. The summed E-state index contributed by atoms with van der Waals surface area (Å²) in [5.74, 6) is -0.320. The van der Waals surface area contributed by atoms with Crippen LogP contribution in [0.15, 0.2) is 48.0 Å². The molecule has 0 amide bonds. The normalized spacial score (nSPS) is 11.7. The van der Waals surface area contributed by atoms with Crippen LogP contribution in [0.1, 0.15) is 26.6 Å². The summed E-state index contributed by atoms with van der Waals surface area (Å²) in [6.07, 6.45) is 7.06. The van der Waals surface area contributed by atoms with E-state index in [-0.39, 0.29) is 15.7 Å². The highest BCUT2D eigenvalue weighted by molar-refractivity contribution is 7.90. The Kier molecular flexibility index (Phi) is 7.01.